The number of carbonyl (C=O) groups is 1. The minimum Gasteiger partial charge on any atom is -0.496 e. The predicted molar refractivity (Wildman–Crippen MR) is 106 cm³/mol. The lowest BCUT2D eigenvalue weighted by Crippen LogP contribution is -2.23. The van der Waals surface area contributed by atoms with Gasteiger partial charge in [-0.15, -0.1) is 0 Å². The highest BCUT2D eigenvalue weighted by atomic mass is 16.5. The number of hydrogen-bond donors (Lipinski definition) is 1. The van der Waals surface area contributed by atoms with Crippen molar-refractivity contribution in [3.05, 3.63) is 77.9 Å². The first kappa shape index (κ1) is 17.6. The molecule has 1 N–H and O–H groups in total. The Morgan fingerprint density at radius 1 is 1.04 bits per heavy atom. The Kier molecular flexibility index (Phi) is 4.82. The van der Waals surface area contributed by atoms with Gasteiger partial charge in [-0.25, -0.2) is 0 Å². The molecule has 138 valence electrons. The molecule has 1 fully saturated rings. The number of carboxylic acid groups (broad SMARTS) is 1. The number of likely N-dealkylation sites (tertiary alicyclic amines) is 1. The molecule has 1 saturated heterocycles. The minimum absolute atomic E-state index is 0.0919. The number of rotatable bonds is 5. The average molecular weight is 361 g/mol. The van der Waals surface area contributed by atoms with Gasteiger partial charge in [0.25, 0.3) is 0 Å². The monoisotopic (exact) mass is 361 g/mol. The van der Waals surface area contributed by atoms with Crippen molar-refractivity contribution in [2.45, 2.75) is 12.5 Å². The van der Waals surface area contributed by atoms with E-state index < -0.39 is 11.9 Å². The Hall–Kier alpha value is -2.85. The van der Waals surface area contributed by atoms with Crippen LogP contribution in [0, 0.1) is 5.92 Å². The molecule has 3 aromatic rings. The molecule has 0 aliphatic carbocycles. The van der Waals surface area contributed by atoms with Gasteiger partial charge in [-0.3, -0.25) is 9.69 Å². The van der Waals surface area contributed by atoms with Crippen LogP contribution in [0.3, 0.4) is 0 Å². The molecule has 0 amide bonds. The van der Waals surface area contributed by atoms with Crippen LogP contribution in [0.5, 0.6) is 5.75 Å². The fraction of sp³-hybridized carbons (Fsp3) is 0.261. The van der Waals surface area contributed by atoms with Gasteiger partial charge >= 0.3 is 5.97 Å². The third-order valence-corrected chi connectivity index (χ3v) is 5.48. The van der Waals surface area contributed by atoms with Crippen molar-refractivity contribution >= 4 is 16.7 Å². The van der Waals surface area contributed by atoms with Crippen LogP contribution in [0.2, 0.25) is 0 Å². The lowest BCUT2D eigenvalue weighted by atomic mass is 9.87. The molecular weight excluding hydrogens is 338 g/mol. The molecule has 0 saturated carbocycles. The Balaban J connectivity index is 1.69. The molecule has 0 unspecified atom stereocenters. The number of methoxy groups -OCH3 is 1. The second-order valence-electron chi connectivity index (χ2n) is 7.14. The first-order valence-electron chi connectivity index (χ1n) is 9.22. The fourth-order valence-electron chi connectivity index (χ4n) is 4.20. The smallest absolute Gasteiger partial charge is 0.308 e. The summed E-state index contributed by atoms with van der Waals surface area (Å²) in [6.45, 7) is 2.02. The zero-order chi connectivity index (χ0) is 18.8. The topological polar surface area (TPSA) is 49.8 Å². The zero-order valence-corrected chi connectivity index (χ0v) is 15.3. The third kappa shape index (κ3) is 3.40. The summed E-state index contributed by atoms with van der Waals surface area (Å²) in [6.07, 6.45) is 0. The lowest BCUT2D eigenvalue weighted by Gasteiger charge is -2.20. The first-order valence-corrected chi connectivity index (χ1v) is 9.22. The minimum atomic E-state index is -0.745. The summed E-state index contributed by atoms with van der Waals surface area (Å²) >= 11 is 0. The summed E-state index contributed by atoms with van der Waals surface area (Å²) in [5.41, 5.74) is 2.19. The number of aliphatic carboxylic acids is 1. The van der Waals surface area contributed by atoms with Crippen LogP contribution in [0.1, 0.15) is 17.0 Å². The quantitative estimate of drug-likeness (QED) is 0.742. The van der Waals surface area contributed by atoms with Crippen LogP contribution in [0.15, 0.2) is 66.7 Å². The number of hydrogen-bond acceptors (Lipinski definition) is 3. The van der Waals surface area contributed by atoms with E-state index in [9.17, 15) is 9.90 Å². The van der Waals surface area contributed by atoms with Gasteiger partial charge in [-0.05, 0) is 10.9 Å². The standard InChI is InChI=1S/C23H23NO3/c1-27-22-18-10-6-5-9-17(18)11-12-19(22)20-14-24(15-21(20)23(25)26)13-16-7-3-2-4-8-16/h2-12,20-21H,13-15H2,1H3,(H,25,26)/t20-,21+/m0/s1. The third-order valence-electron chi connectivity index (χ3n) is 5.48. The number of benzene rings is 3. The summed E-state index contributed by atoms with van der Waals surface area (Å²) in [7, 11) is 1.66. The van der Waals surface area contributed by atoms with Crippen molar-refractivity contribution < 1.29 is 14.6 Å². The molecule has 3 aromatic carbocycles. The molecule has 1 aliphatic heterocycles. The average Bonchev–Trinajstić information content (AvgIpc) is 3.11. The molecule has 1 heterocycles. The molecule has 4 rings (SSSR count). The number of ether oxygens (including phenoxy) is 1. The molecule has 4 heteroatoms. The van der Waals surface area contributed by atoms with Crippen LogP contribution >= 0.6 is 0 Å². The Morgan fingerprint density at radius 2 is 1.78 bits per heavy atom. The van der Waals surface area contributed by atoms with E-state index in [-0.39, 0.29) is 5.92 Å². The summed E-state index contributed by atoms with van der Waals surface area (Å²) in [5, 5.41) is 12.0. The highest BCUT2D eigenvalue weighted by Crippen LogP contribution is 2.41. The highest BCUT2D eigenvalue weighted by Gasteiger charge is 2.40. The van der Waals surface area contributed by atoms with Gasteiger partial charge in [0, 0.05) is 36.5 Å². The van der Waals surface area contributed by atoms with Gasteiger partial charge < -0.3 is 9.84 Å². The summed E-state index contributed by atoms with van der Waals surface area (Å²) in [6, 6.07) is 22.4. The second kappa shape index (κ2) is 7.41. The van der Waals surface area contributed by atoms with Crippen LogP contribution in [-0.2, 0) is 11.3 Å². The van der Waals surface area contributed by atoms with Gasteiger partial charge in [-0.1, -0.05) is 66.7 Å². The molecule has 27 heavy (non-hydrogen) atoms. The first-order chi connectivity index (χ1) is 13.2. The van der Waals surface area contributed by atoms with E-state index in [1.807, 2.05) is 48.5 Å². The van der Waals surface area contributed by atoms with Gasteiger partial charge in [-0.2, -0.15) is 0 Å². The van der Waals surface area contributed by atoms with E-state index >= 15 is 0 Å². The van der Waals surface area contributed by atoms with Gasteiger partial charge in [0.05, 0.1) is 13.0 Å². The fourth-order valence-corrected chi connectivity index (χ4v) is 4.20. The number of carboxylic acids is 1. The van der Waals surface area contributed by atoms with E-state index in [1.165, 1.54) is 5.56 Å². The van der Waals surface area contributed by atoms with Crippen LogP contribution < -0.4 is 4.74 Å². The molecule has 0 radical (unpaired) electrons. The molecule has 0 aromatic heterocycles. The van der Waals surface area contributed by atoms with E-state index in [1.54, 1.807) is 7.11 Å². The zero-order valence-electron chi connectivity index (χ0n) is 15.3. The van der Waals surface area contributed by atoms with Crippen LogP contribution in [0.4, 0.5) is 0 Å². The highest BCUT2D eigenvalue weighted by molar-refractivity contribution is 5.90. The van der Waals surface area contributed by atoms with Crippen molar-refractivity contribution in [3.63, 3.8) is 0 Å². The SMILES string of the molecule is COc1c([C@@H]2CN(Cc3ccccc3)C[C@H]2C(=O)O)ccc2ccccc12. The number of nitrogens with zero attached hydrogens (tertiary/aromatic N) is 1. The maximum Gasteiger partial charge on any atom is 0.308 e. The maximum absolute atomic E-state index is 12.0. The van der Waals surface area contributed by atoms with Crippen molar-refractivity contribution in [1.29, 1.82) is 0 Å². The van der Waals surface area contributed by atoms with Crippen molar-refractivity contribution in [2.75, 3.05) is 20.2 Å². The summed E-state index contributed by atoms with van der Waals surface area (Å²) in [4.78, 5) is 14.2. The predicted octanol–water partition coefficient (Wildman–Crippen LogP) is 4.15. The summed E-state index contributed by atoms with van der Waals surface area (Å²) in [5.74, 6) is -0.480. The molecule has 2 atom stereocenters. The van der Waals surface area contributed by atoms with E-state index in [0.717, 1.165) is 28.6 Å². The van der Waals surface area contributed by atoms with Gasteiger partial charge in [0.1, 0.15) is 5.75 Å². The van der Waals surface area contributed by atoms with Gasteiger partial charge in [0.15, 0.2) is 0 Å². The Morgan fingerprint density at radius 3 is 2.52 bits per heavy atom. The lowest BCUT2D eigenvalue weighted by molar-refractivity contribution is -0.141. The molecule has 0 spiro atoms. The second-order valence-corrected chi connectivity index (χ2v) is 7.14. The van der Waals surface area contributed by atoms with E-state index in [4.69, 9.17) is 4.74 Å². The van der Waals surface area contributed by atoms with Gasteiger partial charge in [0.2, 0.25) is 0 Å². The van der Waals surface area contributed by atoms with E-state index in [2.05, 4.69) is 23.1 Å². The van der Waals surface area contributed by atoms with Crippen molar-refractivity contribution in [2.24, 2.45) is 5.92 Å². The molecular formula is C23H23NO3. The Bertz CT molecular complexity index is 954. The molecule has 4 nitrogen and oxygen atoms in total. The molecule has 1 aliphatic rings. The number of fused-ring (bicyclic) bond motifs is 1. The van der Waals surface area contributed by atoms with Crippen molar-refractivity contribution in [3.8, 4) is 5.75 Å². The van der Waals surface area contributed by atoms with E-state index in [0.29, 0.717) is 13.1 Å². The normalized spacial score (nSPS) is 20.0. The molecule has 0 bridgehead atoms. The van der Waals surface area contributed by atoms with Crippen LogP contribution in [-0.4, -0.2) is 36.2 Å². The Labute approximate surface area is 159 Å². The van der Waals surface area contributed by atoms with Crippen LogP contribution in [0.25, 0.3) is 10.8 Å². The largest absolute Gasteiger partial charge is 0.496 e. The summed E-state index contributed by atoms with van der Waals surface area (Å²) < 4.78 is 5.74. The van der Waals surface area contributed by atoms with Crippen molar-refractivity contribution in [1.82, 2.24) is 4.90 Å². The maximum atomic E-state index is 12.0.